The van der Waals surface area contributed by atoms with Crippen molar-refractivity contribution in [3.63, 3.8) is 0 Å². The number of oxazole rings is 1. The van der Waals surface area contributed by atoms with Crippen LogP contribution in [0.5, 0.6) is 0 Å². The first kappa shape index (κ1) is 16.8. The highest BCUT2D eigenvalue weighted by Gasteiger charge is 2.24. The first-order valence-electron chi connectivity index (χ1n) is 9.24. The second kappa shape index (κ2) is 7.28. The molecule has 3 heterocycles. The Morgan fingerprint density at radius 1 is 1.23 bits per heavy atom. The van der Waals surface area contributed by atoms with E-state index in [-0.39, 0.29) is 5.91 Å². The van der Waals surface area contributed by atoms with Crippen LogP contribution in [0, 0.1) is 12.8 Å². The van der Waals surface area contributed by atoms with E-state index in [0.29, 0.717) is 17.4 Å². The fourth-order valence-electron chi connectivity index (χ4n) is 3.82. The fourth-order valence-corrected chi connectivity index (χ4v) is 3.82. The Hall–Kier alpha value is -2.69. The van der Waals surface area contributed by atoms with Crippen molar-refractivity contribution in [2.45, 2.75) is 32.6 Å². The maximum absolute atomic E-state index is 12.6. The van der Waals surface area contributed by atoms with Gasteiger partial charge in [0.1, 0.15) is 5.76 Å². The Balaban J connectivity index is 1.41. The summed E-state index contributed by atoms with van der Waals surface area (Å²) >= 11 is 0. The highest BCUT2D eigenvalue weighted by molar-refractivity contribution is 5.93. The SMILES string of the molecule is Cc1ocnc1C(=O)N1CCCC(Cc2ccc3ncccc3c2)CC1. The standard InChI is InChI=1S/C21H23N3O2/c1-15-20(23-14-26-15)21(25)24-10-3-4-16(8-11-24)12-17-6-7-19-18(13-17)5-2-9-22-19/h2,5-7,9,13-14,16H,3-4,8,10-12H2,1H3. The molecule has 134 valence electrons. The smallest absolute Gasteiger partial charge is 0.276 e. The fraction of sp³-hybridized carbons (Fsp3) is 0.381. The zero-order chi connectivity index (χ0) is 17.9. The number of carbonyl (C=O) groups excluding carboxylic acids is 1. The van der Waals surface area contributed by atoms with Crippen molar-refractivity contribution in [3.05, 3.63) is 59.9 Å². The van der Waals surface area contributed by atoms with Crippen molar-refractivity contribution in [1.29, 1.82) is 0 Å². The van der Waals surface area contributed by atoms with Crippen molar-refractivity contribution in [1.82, 2.24) is 14.9 Å². The molecule has 5 heteroatoms. The van der Waals surface area contributed by atoms with Gasteiger partial charge in [-0.05, 0) is 62.3 Å². The van der Waals surface area contributed by atoms with Gasteiger partial charge in [0.25, 0.3) is 5.91 Å². The van der Waals surface area contributed by atoms with E-state index in [1.165, 1.54) is 17.3 Å². The number of aromatic nitrogens is 2. The summed E-state index contributed by atoms with van der Waals surface area (Å²) in [5, 5.41) is 1.19. The molecule has 3 aromatic rings. The summed E-state index contributed by atoms with van der Waals surface area (Å²) in [6.45, 7) is 3.36. The van der Waals surface area contributed by atoms with Crippen LogP contribution >= 0.6 is 0 Å². The Bertz CT molecular complexity index is 918. The van der Waals surface area contributed by atoms with Gasteiger partial charge in [0, 0.05) is 24.7 Å². The molecule has 1 saturated heterocycles. The Labute approximate surface area is 153 Å². The second-order valence-corrected chi connectivity index (χ2v) is 7.08. The number of hydrogen-bond donors (Lipinski definition) is 0. The van der Waals surface area contributed by atoms with Crippen molar-refractivity contribution in [3.8, 4) is 0 Å². The van der Waals surface area contributed by atoms with Crippen LogP contribution in [0.4, 0.5) is 0 Å². The Kier molecular flexibility index (Phi) is 4.69. The average Bonchev–Trinajstić information content (AvgIpc) is 2.95. The summed E-state index contributed by atoms with van der Waals surface area (Å²) in [4.78, 5) is 23.0. The Morgan fingerprint density at radius 2 is 2.15 bits per heavy atom. The van der Waals surface area contributed by atoms with Gasteiger partial charge in [-0.3, -0.25) is 9.78 Å². The van der Waals surface area contributed by atoms with Gasteiger partial charge < -0.3 is 9.32 Å². The van der Waals surface area contributed by atoms with E-state index < -0.39 is 0 Å². The van der Waals surface area contributed by atoms with Crippen molar-refractivity contribution < 1.29 is 9.21 Å². The summed E-state index contributed by atoms with van der Waals surface area (Å²) in [6, 6.07) is 10.6. The lowest BCUT2D eigenvalue weighted by molar-refractivity contribution is 0.0753. The van der Waals surface area contributed by atoms with Crippen LogP contribution in [0.3, 0.4) is 0 Å². The molecule has 1 aromatic carbocycles. The minimum Gasteiger partial charge on any atom is -0.448 e. The second-order valence-electron chi connectivity index (χ2n) is 7.08. The number of fused-ring (bicyclic) bond motifs is 1. The third-order valence-electron chi connectivity index (χ3n) is 5.27. The number of carbonyl (C=O) groups is 1. The van der Waals surface area contributed by atoms with Crippen LogP contribution in [0.15, 0.2) is 47.3 Å². The summed E-state index contributed by atoms with van der Waals surface area (Å²) in [7, 11) is 0. The van der Waals surface area contributed by atoms with Gasteiger partial charge in [-0.25, -0.2) is 4.98 Å². The molecule has 0 aliphatic carbocycles. The molecular weight excluding hydrogens is 326 g/mol. The first-order valence-corrected chi connectivity index (χ1v) is 9.24. The molecule has 0 N–H and O–H groups in total. The molecule has 1 atom stereocenters. The zero-order valence-electron chi connectivity index (χ0n) is 15.0. The van der Waals surface area contributed by atoms with E-state index in [1.807, 2.05) is 17.2 Å². The molecule has 0 saturated carbocycles. The van der Waals surface area contributed by atoms with Gasteiger partial charge in [-0.2, -0.15) is 0 Å². The summed E-state index contributed by atoms with van der Waals surface area (Å²) in [6.07, 6.45) is 7.42. The van der Waals surface area contributed by atoms with E-state index in [0.717, 1.165) is 44.3 Å². The molecule has 1 aliphatic heterocycles. The largest absolute Gasteiger partial charge is 0.448 e. The van der Waals surface area contributed by atoms with E-state index >= 15 is 0 Å². The van der Waals surface area contributed by atoms with Gasteiger partial charge in [0.2, 0.25) is 0 Å². The van der Waals surface area contributed by atoms with Gasteiger partial charge in [-0.15, -0.1) is 0 Å². The lowest BCUT2D eigenvalue weighted by Gasteiger charge is -2.19. The maximum Gasteiger partial charge on any atom is 0.276 e. The van der Waals surface area contributed by atoms with Crippen molar-refractivity contribution in [2.75, 3.05) is 13.1 Å². The lowest BCUT2D eigenvalue weighted by atomic mass is 9.92. The van der Waals surface area contributed by atoms with Crippen LogP contribution < -0.4 is 0 Å². The van der Waals surface area contributed by atoms with Crippen molar-refractivity contribution >= 4 is 16.8 Å². The van der Waals surface area contributed by atoms with Crippen LogP contribution in [0.1, 0.15) is 41.1 Å². The third-order valence-corrected chi connectivity index (χ3v) is 5.27. The molecule has 2 aromatic heterocycles. The minimum absolute atomic E-state index is 0.00585. The lowest BCUT2D eigenvalue weighted by Crippen LogP contribution is -2.32. The monoisotopic (exact) mass is 349 g/mol. The molecule has 1 aliphatic rings. The molecule has 0 spiro atoms. The number of amides is 1. The number of rotatable bonds is 3. The van der Waals surface area contributed by atoms with Crippen LogP contribution in [-0.2, 0) is 6.42 Å². The van der Waals surface area contributed by atoms with E-state index in [9.17, 15) is 4.79 Å². The normalized spacial score (nSPS) is 18.0. The summed E-state index contributed by atoms with van der Waals surface area (Å²) in [5.41, 5.74) is 2.84. The number of hydrogen-bond acceptors (Lipinski definition) is 4. The van der Waals surface area contributed by atoms with E-state index in [2.05, 4.69) is 34.2 Å². The van der Waals surface area contributed by atoms with Gasteiger partial charge in [0.05, 0.1) is 5.52 Å². The van der Waals surface area contributed by atoms with Crippen LogP contribution in [0.2, 0.25) is 0 Å². The molecule has 1 amide bonds. The zero-order valence-corrected chi connectivity index (χ0v) is 15.0. The molecule has 1 fully saturated rings. The summed E-state index contributed by atoms with van der Waals surface area (Å²) < 4.78 is 5.18. The minimum atomic E-state index is -0.00585. The topological polar surface area (TPSA) is 59.2 Å². The predicted octanol–water partition coefficient (Wildman–Crippen LogP) is 4.02. The molecule has 1 unspecified atom stereocenters. The van der Waals surface area contributed by atoms with Gasteiger partial charge in [0.15, 0.2) is 12.1 Å². The van der Waals surface area contributed by atoms with Crippen LogP contribution in [0.25, 0.3) is 10.9 Å². The first-order chi connectivity index (χ1) is 12.7. The maximum atomic E-state index is 12.6. The molecule has 0 bridgehead atoms. The number of pyridine rings is 1. The van der Waals surface area contributed by atoms with E-state index in [1.54, 1.807) is 6.92 Å². The van der Waals surface area contributed by atoms with Crippen molar-refractivity contribution in [2.24, 2.45) is 5.92 Å². The third kappa shape index (κ3) is 3.47. The average molecular weight is 349 g/mol. The Morgan fingerprint density at radius 3 is 3.00 bits per heavy atom. The molecule has 26 heavy (non-hydrogen) atoms. The number of likely N-dealkylation sites (tertiary alicyclic amines) is 1. The molecule has 4 rings (SSSR count). The molecule has 5 nitrogen and oxygen atoms in total. The van der Waals surface area contributed by atoms with Gasteiger partial charge in [-0.1, -0.05) is 12.1 Å². The predicted molar refractivity (Wildman–Crippen MR) is 99.9 cm³/mol. The highest BCUT2D eigenvalue weighted by Crippen LogP contribution is 2.24. The number of benzene rings is 1. The number of aryl methyl sites for hydroxylation is 1. The summed E-state index contributed by atoms with van der Waals surface area (Å²) in [5.74, 6) is 1.19. The molecule has 0 radical (unpaired) electrons. The molecular formula is C21H23N3O2. The highest BCUT2D eigenvalue weighted by atomic mass is 16.3. The number of nitrogens with zero attached hydrogens (tertiary/aromatic N) is 3. The van der Waals surface area contributed by atoms with Crippen LogP contribution in [-0.4, -0.2) is 33.9 Å². The van der Waals surface area contributed by atoms with E-state index in [4.69, 9.17) is 4.42 Å². The quantitative estimate of drug-likeness (QED) is 0.717. The van der Waals surface area contributed by atoms with Gasteiger partial charge >= 0.3 is 0 Å².